The molecular weight excluding hydrogens is 1320 g/mol. The number of nitrogens with zero attached hydrogens (tertiary/aromatic N) is 9. The molecule has 3 N–H and O–H groups in total. The molecule has 6 aliphatic rings. The van der Waals surface area contributed by atoms with Gasteiger partial charge in [-0.3, -0.25) is 57.5 Å². The average Bonchev–Trinajstić information content (AvgIpc) is 1.37. The van der Waals surface area contributed by atoms with Gasteiger partial charge in [-0.05, 0) is 99.7 Å². The quantitative estimate of drug-likeness (QED) is 0.263. The average molecular weight is 1430 g/mol. The van der Waals surface area contributed by atoms with Gasteiger partial charge in [-0.25, -0.2) is 0 Å². The minimum Gasteiger partial charge on any atom is -0.378 e. The van der Waals surface area contributed by atoms with Gasteiger partial charge in [-0.1, -0.05) is 115 Å². The first-order valence-electron chi connectivity index (χ1n) is 36.1. The third kappa shape index (κ3) is 19.9. The minimum absolute atomic E-state index is 0.0179. The Kier molecular flexibility index (Phi) is 29.0. The number of fused-ring (bicyclic) bond motifs is 1. The van der Waals surface area contributed by atoms with Crippen molar-refractivity contribution in [3.8, 4) is 0 Å². The Morgan fingerprint density at radius 2 is 1.25 bits per heavy atom. The lowest BCUT2D eigenvalue weighted by Crippen LogP contribution is -2.65. The van der Waals surface area contributed by atoms with Crippen molar-refractivity contribution < 1.29 is 75.4 Å². The highest BCUT2D eigenvalue weighted by Crippen LogP contribution is 2.38. The highest BCUT2D eigenvalue weighted by Gasteiger charge is 2.51. The van der Waals surface area contributed by atoms with Crippen LogP contribution in [0.1, 0.15) is 173 Å². The summed E-state index contributed by atoms with van der Waals surface area (Å²) < 4.78 is 47.2. The smallest absolute Gasteiger partial charge is 0.378 e. The molecule has 12 amide bonds. The van der Waals surface area contributed by atoms with E-state index in [0.29, 0.717) is 50.5 Å². The molecule has 3 heterocycles. The third-order valence-corrected chi connectivity index (χ3v) is 22.2. The zero-order valence-electron chi connectivity index (χ0n) is 60.3. The number of morpholine rings is 1. The number of amides is 12. The molecule has 3 saturated carbocycles. The standard InChI is InChI=1S/C71H108ClF3N12O13/c1-11-22-52-62(92)77-60(45(3)12-2)67(97)81(6)43-58(90)79(4)44-59(91)83(8)54(40-46-23-15-13-16-24-46)65(95)80(5)42-56(88)76-51(31-29-47-28-30-49(50(72)39-47)71(73,74)75)64(94)87-34-21-27-53(87)63(93)78-70(32-19-20-33-70)69(99)85(10)61(48-25-17-14-18-26-48)68(98)84(9)55(41-57(89)82(52)7)66(96)86-35-37-100-38-36-86/h28,30,39,45-46,48,51-55,60-61H,11-27,29,31-38,40-44H2,1-10H3,(H,76,88)(H,77,92)(H,78,93)/t45-,51-,52-,53?,54-,55-,60-,61-/m0/s1. The normalized spacial score (nSPS) is 26.9. The van der Waals surface area contributed by atoms with Crippen LogP contribution in [-0.4, -0.2) is 265 Å². The van der Waals surface area contributed by atoms with Crippen molar-refractivity contribution in [1.29, 1.82) is 0 Å². The number of carbonyl (C=O) groups is 12. The van der Waals surface area contributed by atoms with Crippen LogP contribution in [0.15, 0.2) is 18.2 Å². The molecular formula is C71H108ClF3N12O13. The second-order valence-corrected chi connectivity index (χ2v) is 29.3. The lowest BCUT2D eigenvalue weighted by molar-refractivity contribution is -0.158. The van der Waals surface area contributed by atoms with Crippen molar-refractivity contribution in [1.82, 2.24) is 60.0 Å². The largest absolute Gasteiger partial charge is 0.417 e. The first-order chi connectivity index (χ1) is 47.3. The van der Waals surface area contributed by atoms with Crippen molar-refractivity contribution in [3.63, 3.8) is 0 Å². The van der Waals surface area contributed by atoms with Gasteiger partial charge in [0.1, 0.15) is 47.8 Å². The number of hydrogen-bond donors (Lipinski definition) is 3. The minimum atomic E-state index is -4.76. The lowest BCUT2D eigenvalue weighted by atomic mass is 9.81. The number of benzene rings is 1. The molecule has 1 aromatic carbocycles. The number of rotatable bonds is 11. The molecule has 25 nitrogen and oxygen atoms in total. The molecule has 6 fully saturated rings. The van der Waals surface area contributed by atoms with Gasteiger partial charge in [0.05, 0.1) is 49.9 Å². The van der Waals surface area contributed by atoms with E-state index in [1.807, 2.05) is 13.8 Å². The van der Waals surface area contributed by atoms with E-state index in [2.05, 4.69) is 16.0 Å². The van der Waals surface area contributed by atoms with Crippen molar-refractivity contribution in [3.05, 3.63) is 34.3 Å². The summed E-state index contributed by atoms with van der Waals surface area (Å²) in [6, 6.07) is -5.61. The Labute approximate surface area is 591 Å². The maximum Gasteiger partial charge on any atom is 0.417 e. The summed E-state index contributed by atoms with van der Waals surface area (Å²) in [4.78, 5) is 190. The molecule has 7 rings (SSSR count). The Bertz CT molecular complexity index is 3100. The van der Waals surface area contributed by atoms with Gasteiger partial charge in [0.15, 0.2) is 0 Å². The topological polar surface area (TPSA) is 279 Å². The van der Waals surface area contributed by atoms with E-state index in [1.165, 1.54) is 84.8 Å². The Morgan fingerprint density at radius 3 is 1.86 bits per heavy atom. The molecule has 1 spiro atoms. The number of hydrogen-bond acceptors (Lipinski definition) is 13. The molecule has 0 radical (unpaired) electrons. The number of carbonyl (C=O) groups excluding carboxylic acids is 12. The molecule has 29 heteroatoms. The molecule has 558 valence electrons. The Hall–Kier alpha value is -7.10. The highest BCUT2D eigenvalue weighted by molar-refractivity contribution is 6.31. The summed E-state index contributed by atoms with van der Waals surface area (Å²) in [5.74, 6) is -8.73. The maximum atomic E-state index is 15.8. The Morgan fingerprint density at radius 1 is 0.640 bits per heavy atom. The third-order valence-electron chi connectivity index (χ3n) is 21.9. The van der Waals surface area contributed by atoms with E-state index in [1.54, 1.807) is 6.92 Å². The molecule has 100 heavy (non-hydrogen) atoms. The van der Waals surface area contributed by atoms with Crippen molar-refractivity contribution >= 4 is 82.5 Å². The van der Waals surface area contributed by atoms with Crippen LogP contribution in [0.25, 0.3) is 0 Å². The summed E-state index contributed by atoms with van der Waals surface area (Å²) in [6.45, 7) is 4.45. The monoisotopic (exact) mass is 1430 g/mol. The fraction of sp³-hybridized carbons (Fsp3) is 0.746. The molecule has 3 aliphatic carbocycles. The molecule has 3 saturated heterocycles. The summed E-state index contributed by atoms with van der Waals surface area (Å²) in [7, 11) is 9.93. The lowest BCUT2D eigenvalue weighted by Gasteiger charge is -2.43. The van der Waals surface area contributed by atoms with Crippen LogP contribution in [0.2, 0.25) is 5.02 Å². The van der Waals surface area contributed by atoms with E-state index in [9.17, 15) is 46.7 Å². The van der Waals surface area contributed by atoms with E-state index >= 15 is 24.0 Å². The number of halogens is 4. The summed E-state index contributed by atoms with van der Waals surface area (Å²) >= 11 is 6.16. The number of alkyl halides is 3. The first kappa shape index (κ1) is 80.2. The van der Waals surface area contributed by atoms with Crippen LogP contribution in [0.5, 0.6) is 0 Å². The van der Waals surface area contributed by atoms with Crippen LogP contribution in [0, 0.1) is 17.8 Å². The van der Waals surface area contributed by atoms with E-state index in [-0.39, 0.29) is 83.7 Å². The van der Waals surface area contributed by atoms with Gasteiger partial charge >= 0.3 is 6.18 Å². The van der Waals surface area contributed by atoms with Gasteiger partial charge in [-0.2, -0.15) is 13.2 Å². The molecule has 0 aromatic heterocycles. The van der Waals surface area contributed by atoms with Crippen LogP contribution in [0.3, 0.4) is 0 Å². The highest BCUT2D eigenvalue weighted by atomic mass is 35.5. The Balaban J connectivity index is 1.28. The van der Waals surface area contributed by atoms with Crippen LogP contribution >= 0.6 is 11.6 Å². The molecule has 1 aromatic rings. The van der Waals surface area contributed by atoms with Gasteiger partial charge in [0.2, 0.25) is 70.9 Å². The van der Waals surface area contributed by atoms with Gasteiger partial charge < -0.3 is 64.8 Å². The number of likely N-dealkylation sites (N-methyl/N-ethyl adjacent to an activating group) is 7. The van der Waals surface area contributed by atoms with E-state index < -0.39 is 173 Å². The second kappa shape index (κ2) is 36.2. The predicted molar refractivity (Wildman–Crippen MR) is 366 cm³/mol. The van der Waals surface area contributed by atoms with Crippen LogP contribution in [-0.2, 0) is 74.9 Å². The number of nitrogens with one attached hydrogen (secondary N) is 3. The number of ether oxygens (including phenoxy) is 1. The fourth-order valence-corrected chi connectivity index (χ4v) is 15.7. The molecule has 0 bridgehead atoms. The molecule has 3 aliphatic heterocycles. The SMILES string of the molecule is CCC[C@H]1C(=O)N[C@@H]([C@@H](C)CC)C(=O)N(C)CC(=O)N(C)CC(=O)N(C)[C@@H](CC2CCCCC2)C(=O)N(C)CC(=O)N[C@@H](CCc2ccc(C(F)(F)F)c(Cl)c2)C(=O)N2CCCC2C(=O)NC2(CCCC2)C(=O)N(C)[C@@H](C2CCCCC2)C(=O)N(C)[C@H](C(=O)N2CCOCC2)CC(=O)N1C. The summed E-state index contributed by atoms with van der Waals surface area (Å²) in [5, 5.41) is 8.14. The van der Waals surface area contributed by atoms with Crippen molar-refractivity contribution in [2.75, 3.05) is 102 Å². The first-order valence-corrected chi connectivity index (χ1v) is 36.5. The molecule has 8 atom stereocenters. The molecule has 1 unspecified atom stereocenters. The van der Waals surface area contributed by atoms with Gasteiger partial charge in [-0.15, -0.1) is 0 Å². The van der Waals surface area contributed by atoms with Gasteiger partial charge in [0.25, 0.3) is 0 Å². The number of aryl methyl sites for hydroxylation is 1. The summed E-state index contributed by atoms with van der Waals surface area (Å²) in [6.07, 6.45) is 5.09. The zero-order valence-corrected chi connectivity index (χ0v) is 61.0. The summed E-state index contributed by atoms with van der Waals surface area (Å²) in [5.41, 5.74) is -2.35. The van der Waals surface area contributed by atoms with Crippen LogP contribution in [0.4, 0.5) is 13.2 Å². The van der Waals surface area contributed by atoms with E-state index in [4.69, 9.17) is 16.3 Å². The second-order valence-electron chi connectivity index (χ2n) is 28.9. The van der Waals surface area contributed by atoms with E-state index in [0.717, 1.165) is 78.2 Å². The van der Waals surface area contributed by atoms with Crippen LogP contribution < -0.4 is 16.0 Å². The van der Waals surface area contributed by atoms with Crippen molar-refractivity contribution in [2.45, 2.75) is 222 Å². The fourth-order valence-electron chi connectivity index (χ4n) is 15.4. The van der Waals surface area contributed by atoms with Crippen molar-refractivity contribution in [2.24, 2.45) is 17.8 Å². The predicted octanol–water partition coefficient (Wildman–Crippen LogP) is 5.02. The van der Waals surface area contributed by atoms with Gasteiger partial charge in [0, 0.05) is 69.0 Å². The maximum absolute atomic E-state index is 15.8. The zero-order chi connectivity index (χ0) is 73.5.